The Bertz CT molecular complexity index is 1020. The van der Waals surface area contributed by atoms with Crippen molar-refractivity contribution in [1.82, 2.24) is 4.90 Å². The van der Waals surface area contributed by atoms with Crippen LogP contribution in [0, 0.1) is 0 Å². The van der Waals surface area contributed by atoms with E-state index in [1.165, 1.54) is 23.8 Å². The van der Waals surface area contributed by atoms with Crippen LogP contribution in [0.4, 0.5) is 11.4 Å². The average molecular weight is 480 g/mol. The molecule has 0 spiro atoms. The first-order chi connectivity index (χ1) is 14.8. The number of carbonyl (C=O) groups excluding carboxylic acids is 3. The third-order valence-electron chi connectivity index (χ3n) is 4.39. The zero-order valence-electron chi connectivity index (χ0n) is 16.7. The number of amidine groups is 1. The van der Waals surface area contributed by atoms with Crippen molar-refractivity contribution >= 4 is 69.3 Å². The summed E-state index contributed by atoms with van der Waals surface area (Å²) in [5, 5.41) is 3.36. The van der Waals surface area contributed by atoms with Crippen LogP contribution in [0.3, 0.4) is 0 Å². The van der Waals surface area contributed by atoms with Gasteiger partial charge in [0.2, 0.25) is 11.8 Å². The zero-order valence-corrected chi connectivity index (χ0v) is 19.1. The number of aliphatic imine (C=N–C) groups is 1. The minimum absolute atomic E-state index is 0.0416. The Morgan fingerprint density at radius 2 is 1.84 bits per heavy atom. The Morgan fingerprint density at radius 3 is 2.42 bits per heavy atom. The summed E-state index contributed by atoms with van der Waals surface area (Å²) in [6.07, 6.45) is 0.0416. The summed E-state index contributed by atoms with van der Waals surface area (Å²) in [7, 11) is 1.30. The van der Waals surface area contributed by atoms with Crippen molar-refractivity contribution in [3.8, 4) is 0 Å². The predicted octanol–water partition coefficient (Wildman–Crippen LogP) is 4.76. The maximum Gasteiger partial charge on any atom is 0.337 e. The number of benzene rings is 2. The fraction of sp³-hybridized carbons (Fsp3) is 0.238. The SMILES string of the molecule is CCN1C(=O)CC(C(=O)Nc2ccc(C(=O)OC)cc2)SC1=Nc1cc(Cl)cc(Cl)c1. The number of halogens is 2. The molecular weight excluding hydrogens is 461 g/mol. The summed E-state index contributed by atoms with van der Waals surface area (Å²) in [5.41, 5.74) is 1.37. The van der Waals surface area contributed by atoms with Gasteiger partial charge in [-0.15, -0.1) is 0 Å². The van der Waals surface area contributed by atoms with Crippen LogP contribution in [0.25, 0.3) is 0 Å². The molecule has 1 heterocycles. The van der Waals surface area contributed by atoms with Crippen molar-refractivity contribution in [1.29, 1.82) is 0 Å². The molecule has 0 saturated carbocycles. The zero-order chi connectivity index (χ0) is 22.5. The number of anilines is 1. The molecule has 7 nitrogen and oxygen atoms in total. The molecule has 2 aromatic rings. The molecule has 3 rings (SSSR count). The van der Waals surface area contributed by atoms with Crippen LogP contribution in [-0.2, 0) is 14.3 Å². The van der Waals surface area contributed by atoms with Gasteiger partial charge in [0.05, 0.1) is 18.4 Å². The van der Waals surface area contributed by atoms with E-state index in [1.54, 1.807) is 42.5 Å². The lowest BCUT2D eigenvalue weighted by Crippen LogP contribution is -2.45. The smallest absolute Gasteiger partial charge is 0.337 e. The summed E-state index contributed by atoms with van der Waals surface area (Å²) >= 11 is 13.3. The molecular formula is C21H19Cl2N3O4S. The van der Waals surface area contributed by atoms with Gasteiger partial charge in [0, 0.05) is 28.7 Å². The van der Waals surface area contributed by atoms with Crippen LogP contribution >= 0.6 is 35.0 Å². The van der Waals surface area contributed by atoms with Gasteiger partial charge in [-0.05, 0) is 49.4 Å². The second kappa shape index (κ2) is 10.2. The van der Waals surface area contributed by atoms with Crippen molar-refractivity contribution < 1.29 is 19.1 Å². The Labute approximate surface area is 193 Å². The van der Waals surface area contributed by atoms with E-state index < -0.39 is 11.2 Å². The first kappa shape index (κ1) is 23.1. The highest BCUT2D eigenvalue weighted by Gasteiger charge is 2.35. The fourth-order valence-electron chi connectivity index (χ4n) is 2.90. The van der Waals surface area contributed by atoms with E-state index in [9.17, 15) is 14.4 Å². The summed E-state index contributed by atoms with van der Waals surface area (Å²) in [6.45, 7) is 2.25. The standard InChI is InChI=1S/C21H19Cl2N3O4S/c1-3-26-18(27)11-17(31-21(26)25-16-9-13(22)8-14(23)10-16)19(28)24-15-6-4-12(5-7-15)20(29)30-2/h4-10,17H,3,11H2,1-2H3,(H,24,28). The van der Waals surface area contributed by atoms with Crippen LogP contribution in [0.5, 0.6) is 0 Å². The lowest BCUT2D eigenvalue weighted by molar-refractivity contribution is -0.129. The van der Waals surface area contributed by atoms with Crippen molar-refractivity contribution in [2.45, 2.75) is 18.6 Å². The molecule has 2 aromatic carbocycles. The normalized spacial score (nSPS) is 17.5. The van der Waals surface area contributed by atoms with E-state index >= 15 is 0 Å². The van der Waals surface area contributed by atoms with Gasteiger partial charge in [0.1, 0.15) is 5.25 Å². The minimum Gasteiger partial charge on any atom is -0.465 e. The van der Waals surface area contributed by atoms with Gasteiger partial charge >= 0.3 is 5.97 Å². The molecule has 10 heteroatoms. The molecule has 31 heavy (non-hydrogen) atoms. The van der Waals surface area contributed by atoms with Crippen LogP contribution in [0.2, 0.25) is 10.0 Å². The molecule has 0 aliphatic carbocycles. The molecule has 1 unspecified atom stereocenters. The highest BCUT2D eigenvalue weighted by Crippen LogP contribution is 2.31. The highest BCUT2D eigenvalue weighted by molar-refractivity contribution is 8.15. The van der Waals surface area contributed by atoms with E-state index in [0.717, 1.165) is 0 Å². The maximum absolute atomic E-state index is 12.8. The number of methoxy groups -OCH3 is 1. The van der Waals surface area contributed by atoms with E-state index in [0.29, 0.717) is 38.7 Å². The van der Waals surface area contributed by atoms with Gasteiger partial charge in [-0.3, -0.25) is 14.5 Å². The Kier molecular flexibility index (Phi) is 7.59. The second-order valence-corrected chi connectivity index (χ2v) is 8.57. The summed E-state index contributed by atoms with van der Waals surface area (Å²) < 4.78 is 4.66. The van der Waals surface area contributed by atoms with E-state index in [-0.39, 0.29) is 18.2 Å². The van der Waals surface area contributed by atoms with Gasteiger partial charge < -0.3 is 10.1 Å². The number of amides is 2. The third-order valence-corrected chi connectivity index (χ3v) is 6.02. The van der Waals surface area contributed by atoms with Gasteiger partial charge in [0.25, 0.3) is 0 Å². The van der Waals surface area contributed by atoms with Gasteiger partial charge in [-0.2, -0.15) is 0 Å². The molecule has 162 valence electrons. The Balaban J connectivity index is 1.78. The molecule has 0 bridgehead atoms. The second-order valence-electron chi connectivity index (χ2n) is 6.53. The summed E-state index contributed by atoms with van der Waals surface area (Å²) in [4.78, 5) is 43.0. The number of hydrogen-bond acceptors (Lipinski definition) is 6. The van der Waals surface area contributed by atoms with Gasteiger partial charge in [-0.25, -0.2) is 9.79 Å². The van der Waals surface area contributed by atoms with Crippen molar-refractivity contribution in [2.75, 3.05) is 19.0 Å². The largest absolute Gasteiger partial charge is 0.465 e. The van der Waals surface area contributed by atoms with Crippen molar-refractivity contribution in [3.63, 3.8) is 0 Å². The van der Waals surface area contributed by atoms with Crippen molar-refractivity contribution in [2.24, 2.45) is 4.99 Å². The van der Waals surface area contributed by atoms with Crippen LogP contribution in [0.15, 0.2) is 47.5 Å². The predicted molar refractivity (Wildman–Crippen MR) is 123 cm³/mol. The number of nitrogens with one attached hydrogen (secondary N) is 1. The molecule has 0 radical (unpaired) electrons. The molecule has 1 aliphatic rings. The third kappa shape index (κ3) is 5.78. The van der Waals surface area contributed by atoms with Gasteiger partial charge in [0.15, 0.2) is 5.17 Å². The molecule has 1 atom stereocenters. The van der Waals surface area contributed by atoms with Crippen LogP contribution in [0.1, 0.15) is 23.7 Å². The fourth-order valence-corrected chi connectivity index (χ4v) is 4.57. The maximum atomic E-state index is 12.8. The molecule has 1 aliphatic heterocycles. The number of ether oxygens (including phenoxy) is 1. The summed E-state index contributed by atoms with van der Waals surface area (Å²) in [6, 6.07) is 11.1. The average Bonchev–Trinajstić information content (AvgIpc) is 2.72. The number of esters is 1. The Hall–Kier alpha value is -2.55. The quantitative estimate of drug-likeness (QED) is 0.624. The number of nitrogens with zero attached hydrogens (tertiary/aromatic N) is 2. The lowest BCUT2D eigenvalue weighted by atomic mass is 10.2. The van der Waals surface area contributed by atoms with Crippen LogP contribution < -0.4 is 5.32 Å². The number of carbonyl (C=O) groups is 3. The molecule has 0 aromatic heterocycles. The molecule has 2 amide bonds. The van der Waals surface area contributed by atoms with Crippen LogP contribution in [-0.4, -0.2) is 46.8 Å². The number of hydrogen-bond donors (Lipinski definition) is 1. The topological polar surface area (TPSA) is 88.1 Å². The van der Waals surface area contributed by atoms with E-state index in [2.05, 4.69) is 15.0 Å². The lowest BCUT2D eigenvalue weighted by Gasteiger charge is -2.31. The minimum atomic E-state index is -0.663. The number of rotatable bonds is 5. The monoisotopic (exact) mass is 479 g/mol. The van der Waals surface area contributed by atoms with E-state index in [4.69, 9.17) is 23.2 Å². The molecule has 1 fully saturated rings. The Morgan fingerprint density at radius 1 is 1.19 bits per heavy atom. The van der Waals surface area contributed by atoms with E-state index in [1.807, 2.05) is 6.92 Å². The number of thioether (sulfide) groups is 1. The van der Waals surface area contributed by atoms with Crippen molar-refractivity contribution in [3.05, 3.63) is 58.1 Å². The first-order valence-corrected chi connectivity index (χ1v) is 10.9. The summed E-state index contributed by atoms with van der Waals surface area (Å²) in [5.74, 6) is -1.00. The van der Waals surface area contributed by atoms with Gasteiger partial charge in [-0.1, -0.05) is 35.0 Å². The first-order valence-electron chi connectivity index (χ1n) is 9.31. The molecule has 1 N–H and O–H groups in total. The molecule has 1 saturated heterocycles. The highest BCUT2D eigenvalue weighted by atomic mass is 35.5.